The van der Waals surface area contributed by atoms with Gasteiger partial charge in [0.2, 0.25) is 5.95 Å². The van der Waals surface area contributed by atoms with E-state index in [2.05, 4.69) is 9.97 Å². The Morgan fingerprint density at radius 3 is 2.36 bits per heavy atom. The Morgan fingerprint density at radius 2 is 1.67 bits per heavy atom. The second-order valence-corrected chi connectivity index (χ2v) is 9.56. The van der Waals surface area contributed by atoms with Gasteiger partial charge >= 0.3 is 6.18 Å². The summed E-state index contributed by atoms with van der Waals surface area (Å²) in [7, 11) is 0. The predicted octanol–water partition coefficient (Wildman–Crippen LogP) is 7.86. The van der Waals surface area contributed by atoms with E-state index < -0.39 is 11.9 Å². The van der Waals surface area contributed by atoms with Crippen LogP contribution in [0.15, 0.2) is 83.3 Å². The predicted molar refractivity (Wildman–Crippen MR) is 139 cm³/mol. The summed E-state index contributed by atoms with van der Waals surface area (Å²) < 4.78 is 41.5. The van der Waals surface area contributed by atoms with Crippen LogP contribution < -0.4 is 5.01 Å². The van der Waals surface area contributed by atoms with Crippen LogP contribution in [0.2, 0.25) is 0 Å². The van der Waals surface area contributed by atoms with Crippen molar-refractivity contribution in [2.45, 2.75) is 32.5 Å². The average Bonchev–Trinajstić information content (AvgIpc) is 3.54. The number of hydrazone groups is 1. The summed E-state index contributed by atoms with van der Waals surface area (Å²) in [5, 5.41) is 8.06. The molecule has 0 radical (unpaired) electrons. The first-order chi connectivity index (χ1) is 17.3. The van der Waals surface area contributed by atoms with Crippen LogP contribution in [0, 0.1) is 13.8 Å². The third-order valence-corrected chi connectivity index (χ3v) is 7.00. The van der Waals surface area contributed by atoms with Gasteiger partial charge < -0.3 is 0 Å². The topological polar surface area (TPSA) is 41.4 Å². The summed E-state index contributed by atoms with van der Waals surface area (Å²) in [6.45, 7) is 4.01. The number of aromatic nitrogens is 2. The molecule has 4 nitrogen and oxygen atoms in total. The molecule has 0 fully saturated rings. The summed E-state index contributed by atoms with van der Waals surface area (Å²) in [6, 6.07) is 20.0. The highest BCUT2D eigenvalue weighted by Crippen LogP contribution is 2.39. The van der Waals surface area contributed by atoms with E-state index in [1.807, 2.05) is 79.9 Å². The van der Waals surface area contributed by atoms with Crippen LogP contribution in [0.4, 0.5) is 19.1 Å². The standard InChI is InChI=1S/C28H23F3N4S/c1-18-8-3-5-10-20(18)13-14-21-16-24(22-11-6-4-9-19(22)2)35(34-21)27-32-23(25-12-7-15-36-25)17-26(33-27)28(29,30)31/h3-15,17,24H,16H2,1-2H3/b14-13+. The van der Waals surface area contributed by atoms with Gasteiger partial charge in [0.15, 0.2) is 5.69 Å². The Morgan fingerprint density at radius 1 is 0.917 bits per heavy atom. The van der Waals surface area contributed by atoms with Crippen molar-refractivity contribution in [2.24, 2.45) is 5.10 Å². The van der Waals surface area contributed by atoms with Gasteiger partial charge in [0, 0.05) is 6.42 Å². The Labute approximate surface area is 211 Å². The van der Waals surface area contributed by atoms with Gasteiger partial charge in [-0.25, -0.2) is 15.0 Å². The number of nitrogens with zero attached hydrogens (tertiary/aromatic N) is 4. The van der Waals surface area contributed by atoms with Gasteiger partial charge in [-0.3, -0.25) is 0 Å². The molecule has 1 aliphatic rings. The van der Waals surface area contributed by atoms with E-state index in [9.17, 15) is 13.2 Å². The van der Waals surface area contributed by atoms with Crippen LogP contribution in [0.3, 0.4) is 0 Å². The largest absolute Gasteiger partial charge is 0.433 e. The third-order valence-electron chi connectivity index (χ3n) is 6.11. The minimum Gasteiger partial charge on any atom is -0.223 e. The molecule has 1 unspecified atom stereocenters. The van der Waals surface area contributed by atoms with Crippen LogP contribution in [0.25, 0.3) is 16.6 Å². The van der Waals surface area contributed by atoms with Crippen molar-refractivity contribution in [1.82, 2.24) is 9.97 Å². The number of hydrogen-bond acceptors (Lipinski definition) is 5. The molecular weight excluding hydrogens is 481 g/mol. The Bertz CT molecular complexity index is 1440. The molecule has 0 N–H and O–H groups in total. The zero-order valence-corrected chi connectivity index (χ0v) is 20.5. The maximum Gasteiger partial charge on any atom is 0.433 e. The van der Waals surface area contributed by atoms with E-state index in [1.165, 1.54) is 16.3 Å². The van der Waals surface area contributed by atoms with Crippen molar-refractivity contribution in [2.75, 3.05) is 5.01 Å². The molecule has 2 aromatic heterocycles. The lowest BCUT2D eigenvalue weighted by Crippen LogP contribution is -2.23. The number of rotatable bonds is 5. The number of alkyl halides is 3. The van der Waals surface area contributed by atoms with Crippen molar-refractivity contribution < 1.29 is 13.2 Å². The molecule has 182 valence electrons. The lowest BCUT2D eigenvalue weighted by atomic mass is 9.97. The van der Waals surface area contributed by atoms with Crippen molar-refractivity contribution in [3.05, 3.63) is 106 Å². The number of hydrogen-bond donors (Lipinski definition) is 0. The van der Waals surface area contributed by atoms with Gasteiger partial charge in [0.1, 0.15) is 0 Å². The maximum atomic E-state index is 13.8. The van der Waals surface area contributed by atoms with Crippen molar-refractivity contribution in [3.63, 3.8) is 0 Å². The van der Waals surface area contributed by atoms with E-state index in [-0.39, 0.29) is 17.7 Å². The van der Waals surface area contributed by atoms with E-state index >= 15 is 0 Å². The first-order valence-corrected chi connectivity index (χ1v) is 12.3. The first kappa shape index (κ1) is 23.9. The van der Waals surface area contributed by atoms with Crippen LogP contribution >= 0.6 is 11.3 Å². The van der Waals surface area contributed by atoms with E-state index in [4.69, 9.17) is 5.10 Å². The monoisotopic (exact) mass is 504 g/mol. The number of halogens is 3. The number of benzene rings is 2. The Balaban J connectivity index is 1.61. The summed E-state index contributed by atoms with van der Waals surface area (Å²) >= 11 is 1.33. The lowest BCUT2D eigenvalue weighted by molar-refractivity contribution is -0.141. The average molecular weight is 505 g/mol. The fraction of sp³-hybridized carbons (Fsp3) is 0.179. The minimum absolute atomic E-state index is 0.0687. The number of aryl methyl sites for hydroxylation is 2. The van der Waals surface area contributed by atoms with E-state index in [0.29, 0.717) is 11.3 Å². The van der Waals surface area contributed by atoms with Crippen molar-refractivity contribution in [1.29, 1.82) is 0 Å². The Hall–Kier alpha value is -3.78. The van der Waals surface area contributed by atoms with Gasteiger partial charge in [0.05, 0.1) is 22.3 Å². The molecule has 0 amide bonds. The molecule has 0 bridgehead atoms. The van der Waals surface area contributed by atoms with E-state index in [1.54, 1.807) is 12.1 Å². The molecule has 3 heterocycles. The maximum absolute atomic E-state index is 13.8. The zero-order chi connectivity index (χ0) is 25.3. The molecule has 0 spiro atoms. The van der Waals surface area contributed by atoms with Gasteiger partial charge in [-0.15, -0.1) is 11.3 Å². The molecule has 8 heteroatoms. The summed E-state index contributed by atoms with van der Waals surface area (Å²) in [4.78, 5) is 9.11. The van der Waals surface area contributed by atoms with Crippen LogP contribution in [-0.2, 0) is 6.18 Å². The second kappa shape index (κ2) is 9.70. The minimum atomic E-state index is -4.61. The van der Waals surface area contributed by atoms with Gasteiger partial charge in [0.25, 0.3) is 0 Å². The zero-order valence-electron chi connectivity index (χ0n) is 19.7. The molecule has 0 aliphatic carbocycles. The van der Waals surface area contributed by atoms with Crippen LogP contribution in [0.5, 0.6) is 0 Å². The molecule has 36 heavy (non-hydrogen) atoms. The number of thiophene rings is 1. The third kappa shape index (κ3) is 4.95. The second-order valence-electron chi connectivity index (χ2n) is 8.62. The summed E-state index contributed by atoms with van der Waals surface area (Å²) in [5.41, 5.74) is 4.16. The Kier molecular flexibility index (Phi) is 6.45. The molecule has 5 rings (SSSR count). The molecule has 1 atom stereocenters. The molecule has 4 aromatic rings. The highest BCUT2D eigenvalue weighted by atomic mass is 32.1. The highest BCUT2D eigenvalue weighted by molar-refractivity contribution is 7.13. The first-order valence-electron chi connectivity index (χ1n) is 11.5. The van der Waals surface area contributed by atoms with E-state index in [0.717, 1.165) is 34.0 Å². The van der Waals surface area contributed by atoms with Gasteiger partial charge in [-0.05, 0) is 59.7 Å². The SMILES string of the molecule is Cc1ccccc1/C=C/C1=NN(c2nc(-c3cccs3)cc(C(F)(F)F)n2)C(c2ccccc2C)C1. The van der Waals surface area contributed by atoms with Gasteiger partial charge in [-0.2, -0.15) is 18.3 Å². The number of allylic oxidation sites excluding steroid dienone is 1. The molecule has 2 aromatic carbocycles. The van der Waals surface area contributed by atoms with Crippen molar-refractivity contribution in [3.8, 4) is 10.6 Å². The van der Waals surface area contributed by atoms with Crippen LogP contribution in [0.1, 0.15) is 40.4 Å². The fourth-order valence-electron chi connectivity index (χ4n) is 4.21. The molecular formula is C28H23F3N4S. The normalized spacial score (nSPS) is 16.1. The number of anilines is 1. The molecule has 1 aliphatic heterocycles. The molecule has 0 saturated heterocycles. The summed E-state index contributed by atoms with van der Waals surface area (Å²) in [6.07, 6.45) is -0.196. The van der Waals surface area contributed by atoms with Crippen molar-refractivity contribution >= 4 is 29.1 Å². The molecule has 0 saturated carbocycles. The highest BCUT2D eigenvalue weighted by Gasteiger charge is 2.37. The fourth-order valence-corrected chi connectivity index (χ4v) is 4.90. The lowest BCUT2D eigenvalue weighted by Gasteiger charge is -2.24. The quantitative estimate of drug-likeness (QED) is 0.278. The smallest absolute Gasteiger partial charge is 0.223 e. The van der Waals surface area contributed by atoms with Crippen LogP contribution in [-0.4, -0.2) is 15.7 Å². The van der Waals surface area contributed by atoms with Gasteiger partial charge in [-0.1, -0.05) is 60.7 Å². The summed E-state index contributed by atoms with van der Waals surface area (Å²) in [5.74, 6) is -0.0687.